The molecule has 2 rings (SSSR count). The van der Waals surface area contributed by atoms with E-state index in [9.17, 15) is 4.79 Å². The number of benzene rings is 1. The lowest BCUT2D eigenvalue weighted by atomic mass is 10.1. The van der Waals surface area contributed by atoms with E-state index < -0.39 is 0 Å². The molecule has 0 saturated heterocycles. The monoisotopic (exact) mass is 259 g/mol. The van der Waals surface area contributed by atoms with E-state index in [-0.39, 0.29) is 11.9 Å². The van der Waals surface area contributed by atoms with Crippen LogP contribution in [0.5, 0.6) is 0 Å². The number of fused-ring (bicyclic) bond motifs is 1. The fraction of sp³-hybridized carbons (Fsp3) is 0.400. The first kappa shape index (κ1) is 13.5. The van der Waals surface area contributed by atoms with Crippen molar-refractivity contribution in [2.24, 2.45) is 0 Å². The number of hydrogen-bond acceptors (Lipinski definition) is 2. The topological polar surface area (TPSA) is 70.9 Å². The molecule has 19 heavy (non-hydrogen) atoms. The zero-order chi connectivity index (χ0) is 13.8. The number of carbonyl (C=O) groups is 1. The summed E-state index contributed by atoms with van der Waals surface area (Å²) in [4.78, 5) is 15.3. The average Bonchev–Trinajstić information content (AvgIpc) is 2.83. The van der Waals surface area contributed by atoms with Gasteiger partial charge >= 0.3 is 0 Å². The number of carbonyl (C=O) groups excluding carboxylic acids is 1. The Kier molecular flexibility index (Phi) is 4.10. The van der Waals surface area contributed by atoms with Crippen molar-refractivity contribution in [3.63, 3.8) is 0 Å². The van der Waals surface area contributed by atoms with Gasteiger partial charge in [-0.2, -0.15) is 0 Å². The predicted molar refractivity (Wildman–Crippen MR) is 79.2 cm³/mol. The molecule has 4 heteroatoms. The van der Waals surface area contributed by atoms with Crippen LogP contribution in [0.15, 0.2) is 24.3 Å². The summed E-state index contributed by atoms with van der Waals surface area (Å²) in [6.07, 6.45) is 3.02. The van der Waals surface area contributed by atoms with E-state index in [0.29, 0.717) is 11.4 Å². The molecule has 1 atom stereocenters. The van der Waals surface area contributed by atoms with E-state index in [0.717, 1.165) is 30.2 Å². The van der Waals surface area contributed by atoms with Crippen molar-refractivity contribution in [1.82, 2.24) is 10.3 Å². The molecule has 0 spiro atoms. The summed E-state index contributed by atoms with van der Waals surface area (Å²) in [5.41, 5.74) is 7.95. The van der Waals surface area contributed by atoms with E-state index in [4.69, 9.17) is 5.73 Å². The first-order valence-corrected chi connectivity index (χ1v) is 6.83. The minimum absolute atomic E-state index is 0.0594. The van der Waals surface area contributed by atoms with E-state index >= 15 is 0 Å². The second-order valence-corrected chi connectivity index (χ2v) is 4.86. The first-order valence-electron chi connectivity index (χ1n) is 6.83. The third-order valence-electron chi connectivity index (χ3n) is 3.40. The maximum Gasteiger partial charge on any atom is 0.267 e. The minimum Gasteiger partial charge on any atom is -0.397 e. The van der Waals surface area contributed by atoms with Gasteiger partial charge in [0.15, 0.2) is 0 Å². The first-order chi connectivity index (χ1) is 9.15. The molecule has 0 saturated carbocycles. The van der Waals surface area contributed by atoms with Gasteiger partial charge < -0.3 is 16.0 Å². The van der Waals surface area contributed by atoms with Crippen LogP contribution in [0.1, 0.15) is 43.6 Å². The van der Waals surface area contributed by atoms with Crippen LogP contribution in [-0.2, 0) is 0 Å². The lowest BCUT2D eigenvalue weighted by Crippen LogP contribution is -2.34. The summed E-state index contributed by atoms with van der Waals surface area (Å²) in [6, 6.07) is 7.74. The minimum atomic E-state index is -0.0594. The van der Waals surface area contributed by atoms with E-state index in [1.165, 1.54) is 0 Å². The smallest absolute Gasteiger partial charge is 0.267 e. The summed E-state index contributed by atoms with van der Waals surface area (Å²) in [5.74, 6) is -0.0594. The molecule has 0 bridgehead atoms. The van der Waals surface area contributed by atoms with Crippen LogP contribution >= 0.6 is 0 Å². The van der Waals surface area contributed by atoms with Crippen LogP contribution < -0.4 is 11.1 Å². The number of hydrogen-bond donors (Lipinski definition) is 3. The van der Waals surface area contributed by atoms with Gasteiger partial charge in [-0.25, -0.2) is 0 Å². The lowest BCUT2D eigenvalue weighted by molar-refractivity contribution is 0.0929. The van der Waals surface area contributed by atoms with Gasteiger partial charge in [0.2, 0.25) is 0 Å². The van der Waals surface area contributed by atoms with Crippen LogP contribution in [-0.4, -0.2) is 16.9 Å². The van der Waals surface area contributed by atoms with Crippen molar-refractivity contribution in [3.05, 3.63) is 30.0 Å². The highest BCUT2D eigenvalue weighted by atomic mass is 16.1. The lowest BCUT2D eigenvalue weighted by Gasteiger charge is -2.15. The van der Waals surface area contributed by atoms with E-state index in [2.05, 4.69) is 24.1 Å². The number of nitrogen functional groups attached to an aromatic ring is 1. The molecule has 1 aromatic carbocycles. The standard InChI is InChI=1S/C15H21N3O/c1-3-6-11(4-2)17-15(19)13-9-10-7-5-8-12(16)14(10)18-13/h5,7-9,11,18H,3-4,6,16H2,1-2H3,(H,17,19). The molecule has 0 radical (unpaired) electrons. The van der Waals surface area contributed by atoms with Crippen molar-refractivity contribution in [2.45, 2.75) is 39.2 Å². The Morgan fingerprint density at radius 3 is 2.84 bits per heavy atom. The van der Waals surface area contributed by atoms with Crippen molar-refractivity contribution >= 4 is 22.5 Å². The number of nitrogens with one attached hydrogen (secondary N) is 2. The van der Waals surface area contributed by atoms with E-state index in [1.54, 1.807) is 0 Å². The molecule has 1 unspecified atom stereocenters. The molecule has 1 aromatic heterocycles. The summed E-state index contributed by atoms with van der Waals surface area (Å²) >= 11 is 0. The Balaban J connectivity index is 2.19. The second-order valence-electron chi connectivity index (χ2n) is 4.86. The molecule has 1 amide bonds. The highest BCUT2D eigenvalue weighted by molar-refractivity contribution is 6.00. The number of anilines is 1. The van der Waals surface area contributed by atoms with Gasteiger partial charge in [0, 0.05) is 11.4 Å². The van der Waals surface area contributed by atoms with Crippen LogP contribution in [0.25, 0.3) is 10.9 Å². The molecule has 1 heterocycles. The highest BCUT2D eigenvalue weighted by Crippen LogP contribution is 2.21. The van der Waals surface area contributed by atoms with Gasteiger partial charge in [-0.1, -0.05) is 32.4 Å². The van der Waals surface area contributed by atoms with Gasteiger partial charge in [-0.3, -0.25) is 4.79 Å². The molecule has 0 aliphatic rings. The van der Waals surface area contributed by atoms with Crippen molar-refractivity contribution < 1.29 is 4.79 Å². The molecule has 4 N–H and O–H groups in total. The number of aromatic amines is 1. The van der Waals surface area contributed by atoms with Crippen molar-refractivity contribution in [1.29, 1.82) is 0 Å². The third-order valence-corrected chi connectivity index (χ3v) is 3.40. The number of amides is 1. The van der Waals surface area contributed by atoms with Gasteiger partial charge in [-0.05, 0) is 25.0 Å². The summed E-state index contributed by atoms with van der Waals surface area (Å²) in [5, 5.41) is 4.02. The summed E-state index contributed by atoms with van der Waals surface area (Å²) in [7, 11) is 0. The van der Waals surface area contributed by atoms with Gasteiger partial charge in [0.25, 0.3) is 5.91 Å². The molecule has 4 nitrogen and oxygen atoms in total. The number of nitrogens with two attached hydrogens (primary N) is 1. The molecule has 102 valence electrons. The molecule has 2 aromatic rings. The Morgan fingerprint density at radius 1 is 1.42 bits per heavy atom. The highest BCUT2D eigenvalue weighted by Gasteiger charge is 2.14. The predicted octanol–water partition coefficient (Wildman–Crippen LogP) is 3.06. The Labute approximate surface area is 113 Å². The molecule has 0 fully saturated rings. The van der Waals surface area contributed by atoms with Gasteiger partial charge in [0.1, 0.15) is 5.69 Å². The Morgan fingerprint density at radius 2 is 2.21 bits per heavy atom. The fourth-order valence-electron chi connectivity index (χ4n) is 2.29. The van der Waals surface area contributed by atoms with Crippen molar-refractivity contribution in [2.75, 3.05) is 5.73 Å². The summed E-state index contributed by atoms with van der Waals surface area (Å²) in [6.45, 7) is 4.21. The maximum atomic E-state index is 12.2. The number of rotatable bonds is 5. The normalized spacial score (nSPS) is 12.5. The SMILES string of the molecule is CCCC(CC)NC(=O)c1cc2cccc(N)c2[nH]1. The third kappa shape index (κ3) is 2.89. The van der Waals surface area contributed by atoms with Gasteiger partial charge in [-0.15, -0.1) is 0 Å². The van der Waals surface area contributed by atoms with Crippen LogP contribution in [0, 0.1) is 0 Å². The van der Waals surface area contributed by atoms with E-state index in [1.807, 2.05) is 24.3 Å². The Bertz CT molecular complexity index is 574. The van der Waals surface area contributed by atoms with Crippen LogP contribution in [0.4, 0.5) is 5.69 Å². The van der Waals surface area contributed by atoms with Gasteiger partial charge in [0.05, 0.1) is 11.2 Å². The maximum absolute atomic E-state index is 12.2. The van der Waals surface area contributed by atoms with Crippen LogP contribution in [0.3, 0.4) is 0 Å². The summed E-state index contributed by atoms with van der Waals surface area (Å²) < 4.78 is 0. The second kappa shape index (κ2) is 5.78. The Hall–Kier alpha value is -1.97. The van der Waals surface area contributed by atoms with Crippen molar-refractivity contribution in [3.8, 4) is 0 Å². The largest absolute Gasteiger partial charge is 0.397 e. The molecule has 0 aliphatic carbocycles. The zero-order valence-corrected chi connectivity index (χ0v) is 11.5. The zero-order valence-electron chi connectivity index (χ0n) is 11.5. The number of para-hydroxylation sites is 1. The molecular formula is C15H21N3O. The average molecular weight is 259 g/mol. The fourth-order valence-corrected chi connectivity index (χ4v) is 2.29. The quantitative estimate of drug-likeness (QED) is 0.722. The van der Waals surface area contributed by atoms with Crippen LogP contribution in [0.2, 0.25) is 0 Å². The molecular weight excluding hydrogens is 238 g/mol. The number of H-pyrrole nitrogens is 1. The number of aromatic nitrogens is 1. The molecule has 0 aliphatic heterocycles.